The van der Waals surface area contributed by atoms with Crippen molar-refractivity contribution in [2.45, 2.75) is 84.0 Å². The van der Waals surface area contributed by atoms with Crippen LogP contribution < -0.4 is 0 Å². The van der Waals surface area contributed by atoms with Crippen molar-refractivity contribution in [2.24, 2.45) is 17.8 Å². The van der Waals surface area contributed by atoms with E-state index in [0.717, 1.165) is 17.8 Å². The van der Waals surface area contributed by atoms with Crippen molar-refractivity contribution in [1.29, 1.82) is 0 Å². The smallest absolute Gasteiger partial charge is 0.0386 e. The van der Waals surface area contributed by atoms with Crippen LogP contribution in [0, 0.1) is 17.8 Å². The summed E-state index contributed by atoms with van der Waals surface area (Å²) in [6.07, 6.45) is 18.3. The van der Waals surface area contributed by atoms with Crippen molar-refractivity contribution in [3.63, 3.8) is 0 Å². The molecule has 2 rings (SSSR count). The van der Waals surface area contributed by atoms with E-state index >= 15 is 0 Å². The molecule has 0 aromatic rings. The van der Waals surface area contributed by atoms with E-state index in [1.165, 1.54) is 44.9 Å². The molecular weight excluding hydrogens is 192 g/mol. The van der Waals surface area contributed by atoms with Crippen molar-refractivity contribution in [2.75, 3.05) is 0 Å². The molecule has 0 bridgehead atoms. The van der Waals surface area contributed by atoms with Crippen LogP contribution in [0.5, 0.6) is 0 Å². The normalized spacial score (nSPS) is 29.8. The molecule has 16 heavy (non-hydrogen) atoms. The molecule has 2 aliphatic carbocycles. The first-order valence-electron chi connectivity index (χ1n) is 7.90. The van der Waals surface area contributed by atoms with Gasteiger partial charge in [0.2, 0.25) is 0 Å². The van der Waals surface area contributed by atoms with Crippen molar-refractivity contribution in [3.05, 3.63) is 0 Å². The fraction of sp³-hybridized carbons (Fsp3) is 1.00. The van der Waals surface area contributed by atoms with Crippen molar-refractivity contribution < 1.29 is 0 Å². The maximum absolute atomic E-state index is 2.37. The van der Waals surface area contributed by atoms with Crippen LogP contribution in [-0.4, -0.2) is 0 Å². The topological polar surface area (TPSA) is 0 Å². The van der Waals surface area contributed by atoms with Crippen LogP contribution >= 0.6 is 0 Å². The molecule has 0 saturated heterocycles. The lowest BCUT2D eigenvalue weighted by Gasteiger charge is -2.36. The molecule has 0 N–H and O–H groups in total. The van der Waals surface area contributed by atoms with Gasteiger partial charge >= 0.3 is 0 Å². The molecule has 0 heteroatoms. The number of rotatable bonds is 8. The highest BCUT2D eigenvalue weighted by Crippen LogP contribution is 2.40. The maximum Gasteiger partial charge on any atom is -0.0386 e. The summed E-state index contributed by atoms with van der Waals surface area (Å²) < 4.78 is 0. The maximum atomic E-state index is 2.37. The van der Waals surface area contributed by atoms with Gasteiger partial charge in [0.25, 0.3) is 0 Å². The Bertz CT molecular complexity index is 178. The van der Waals surface area contributed by atoms with Gasteiger partial charge in [-0.05, 0) is 30.6 Å². The third-order valence-electron chi connectivity index (χ3n) is 5.26. The second kappa shape index (κ2) is 6.67. The molecule has 0 amide bonds. The summed E-state index contributed by atoms with van der Waals surface area (Å²) in [7, 11) is 0. The van der Waals surface area contributed by atoms with Crippen LogP contribution in [0.25, 0.3) is 0 Å². The molecule has 94 valence electrons. The number of unbranched alkanes of at least 4 members (excludes halogenated alkanes) is 3. The third kappa shape index (κ3) is 3.50. The van der Waals surface area contributed by atoms with E-state index in [1.54, 1.807) is 32.1 Å². The molecule has 2 atom stereocenters. The first kappa shape index (κ1) is 12.5. The predicted molar refractivity (Wildman–Crippen MR) is 71.5 cm³/mol. The average Bonchev–Trinajstić information content (AvgIpc) is 2.18. The van der Waals surface area contributed by atoms with E-state index in [0.29, 0.717) is 0 Å². The SMILES string of the molecule is CCC1CCC1CCCCCCC1CCC1. The molecule has 2 aliphatic rings. The summed E-state index contributed by atoms with van der Waals surface area (Å²) in [4.78, 5) is 0. The van der Waals surface area contributed by atoms with Gasteiger partial charge in [0, 0.05) is 0 Å². The van der Waals surface area contributed by atoms with Gasteiger partial charge < -0.3 is 0 Å². The Kier molecular flexibility index (Phi) is 5.19. The van der Waals surface area contributed by atoms with E-state index in [9.17, 15) is 0 Å². The van der Waals surface area contributed by atoms with Gasteiger partial charge in [0.15, 0.2) is 0 Å². The summed E-state index contributed by atoms with van der Waals surface area (Å²) in [5.74, 6) is 3.36. The van der Waals surface area contributed by atoms with Crippen LogP contribution in [0.3, 0.4) is 0 Å². The standard InChI is InChI=1S/C16H30/c1-2-15-12-13-16(15)11-6-4-3-5-8-14-9-7-10-14/h14-16H,2-13H2,1H3. The van der Waals surface area contributed by atoms with E-state index < -0.39 is 0 Å². The predicted octanol–water partition coefficient (Wildman–Crippen LogP) is 5.56. The second-order valence-electron chi connectivity index (χ2n) is 6.29. The minimum atomic E-state index is 1.11. The monoisotopic (exact) mass is 222 g/mol. The van der Waals surface area contributed by atoms with Crippen LogP contribution in [0.15, 0.2) is 0 Å². The van der Waals surface area contributed by atoms with Gasteiger partial charge in [-0.25, -0.2) is 0 Å². The fourth-order valence-electron chi connectivity index (χ4n) is 3.53. The molecule has 2 saturated carbocycles. The Labute approximate surface area is 102 Å². The first-order valence-corrected chi connectivity index (χ1v) is 7.90. The molecule has 0 spiro atoms. The van der Waals surface area contributed by atoms with E-state index in [4.69, 9.17) is 0 Å². The molecule has 2 unspecified atom stereocenters. The summed E-state index contributed by atoms with van der Waals surface area (Å²) in [5.41, 5.74) is 0. The Balaban J connectivity index is 1.37. The Hall–Kier alpha value is 0. The number of hydrogen-bond acceptors (Lipinski definition) is 0. The van der Waals surface area contributed by atoms with Crippen molar-refractivity contribution in [3.8, 4) is 0 Å². The van der Waals surface area contributed by atoms with Crippen LogP contribution in [0.2, 0.25) is 0 Å². The van der Waals surface area contributed by atoms with Gasteiger partial charge in [-0.1, -0.05) is 71.1 Å². The van der Waals surface area contributed by atoms with Gasteiger partial charge in [-0.15, -0.1) is 0 Å². The summed E-state index contributed by atoms with van der Waals surface area (Å²) >= 11 is 0. The van der Waals surface area contributed by atoms with Crippen LogP contribution in [0.1, 0.15) is 84.0 Å². The average molecular weight is 222 g/mol. The first-order chi connectivity index (χ1) is 7.90. The lowest BCUT2D eigenvalue weighted by Crippen LogP contribution is -2.24. The number of hydrogen-bond donors (Lipinski definition) is 0. The molecule has 0 aromatic heterocycles. The van der Waals surface area contributed by atoms with E-state index in [1.807, 2.05) is 0 Å². The highest BCUT2D eigenvalue weighted by Gasteiger charge is 2.28. The Morgan fingerprint density at radius 2 is 1.44 bits per heavy atom. The highest BCUT2D eigenvalue weighted by atomic mass is 14.3. The van der Waals surface area contributed by atoms with Gasteiger partial charge in [-0.3, -0.25) is 0 Å². The lowest BCUT2D eigenvalue weighted by atomic mass is 9.70. The molecule has 0 nitrogen and oxygen atoms in total. The van der Waals surface area contributed by atoms with Crippen LogP contribution in [0.4, 0.5) is 0 Å². The zero-order valence-electron chi connectivity index (χ0n) is 11.2. The summed E-state index contributed by atoms with van der Waals surface area (Å²) in [6, 6.07) is 0. The molecule has 0 aliphatic heterocycles. The van der Waals surface area contributed by atoms with Crippen molar-refractivity contribution >= 4 is 0 Å². The summed E-state index contributed by atoms with van der Waals surface area (Å²) in [5, 5.41) is 0. The fourth-order valence-corrected chi connectivity index (χ4v) is 3.53. The molecule has 2 fully saturated rings. The van der Waals surface area contributed by atoms with E-state index in [-0.39, 0.29) is 0 Å². The lowest BCUT2D eigenvalue weighted by molar-refractivity contribution is 0.154. The minimum absolute atomic E-state index is 1.11. The van der Waals surface area contributed by atoms with Crippen LogP contribution in [-0.2, 0) is 0 Å². The molecule has 0 aromatic carbocycles. The molecular formula is C16H30. The minimum Gasteiger partial charge on any atom is -0.0651 e. The zero-order valence-corrected chi connectivity index (χ0v) is 11.2. The van der Waals surface area contributed by atoms with E-state index in [2.05, 4.69) is 6.92 Å². The molecule has 0 radical (unpaired) electrons. The Morgan fingerprint density at radius 3 is 1.94 bits per heavy atom. The quantitative estimate of drug-likeness (QED) is 0.471. The largest absolute Gasteiger partial charge is 0.0651 e. The Morgan fingerprint density at radius 1 is 0.750 bits per heavy atom. The molecule has 0 heterocycles. The highest BCUT2D eigenvalue weighted by molar-refractivity contribution is 4.79. The van der Waals surface area contributed by atoms with Gasteiger partial charge in [0.05, 0.1) is 0 Å². The van der Waals surface area contributed by atoms with Gasteiger partial charge in [0.1, 0.15) is 0 Å². The zero-order chi connectivity index (χ0) is 11.2. The summed E-state index contributed by atoms with van der Waals surface area (Å²) in [6.45, 7) is 2.37. The van der Waals surface area contributed by atoms with Crippen molar-refractivity contribution in [1.82, 2.24) is 0 Å². The van der Waals surface area contributed by atoms with Gasteiger partial charge in [-0.2, -0.15) is 0 Å². The third-order valence-corrected chi connectivity index (χ3v) is 5.26. The second-order valence-corrected chi connectivity index (χ2v) is 6.29.